The van der Waals surface area contributed by atoms with Crippen LogP contribution in [0.15, 0.2) is 12.2 Å². The number of hydrogen-bond donors (Lipinski definition) is 0. The smallest absolute Gasteiger partial charge is 0 e. The quantitative estimate of drug-likeness (QED) is 0.440. The second-order valence-electron chi connectivity index (χ2n) is 1.25. The van der Waals surface area contributed by atoms with Gasteiger partial charge in [-0.25, -0.2) is 0 Å². The van der Waals surface area contributed by atoms with Gasteiger partial charge >= 0.3 is 0 Å². The zero-order valence-corrected chi connectivity index (χ0v) is 7.45. The number of allylic oxidation sites excluding steroid dienone is 1. The van der Waals surface area contributed by atoms with E-state index in [0.29, 0.717) is 0 Å². The van der Waals surface area contributed by atoms with Gasteiger partial charge in [0.15, 0.2) is 0 Å². The van der Waals surface area contributed by atoms with Gasteiger partial charge in [-0.05, 0) is 0 Å². The molecule has 0 N–H and O–H groups in total. The zero-order chi connectivity index (χ0) is 4.99. The molecule has 0 atom stereocenters. The maximum atomic E-state index is 3.67. The number of hydrogen-bond acceptors (Lipinski definition) is 0. The molecule has 0 aromatic rings. The molecule has 7 heavy (non-hydrogen) atoms. The summed E-state index contributed by atoms with van der Waals surface area (Å²) in [4.78, 5) is 0. The van der Waals surface area contributed by atoms with E-state index >= 15 is 0 Å². The van der Waals surface area contributed by atoms with Gasteiger partial charge in [-0.1, -0.05) is 0 Å². The van der Waals surface area contributed by atoms with E-state index in [0.717, 1.165) is 18.4 Å². The van der Waals surface area contributed by atoms with Gasteiger partial charge in [-0.2, -0.15) is 12.8 Å². The molecule has 39 valence electrons. The first-order chi connectivity index (χ1) is 2.81. The zero-order valence-electron chi connectivity index (χ0n) is 4.61. The van der Waals surface area contributed by atoms with Crippen LogP contribution in [0.4, 0.5) is 0 Å². The van der Waals surface area contributed by atoms with Crippen LogP contribution in [0.25, 0.3) is 0 Å². The third kappa shape index (κ3) is 6.84. The van der Waals surface area contributed by atoms with Crippen molar-refractivity contribution in [1.29, 1.82) is 0 Å². The molecule has 1 heteroatoms. The Morgan fingerprint density at radius 3 is 1.57 bits per heavy atom. The van der Waals surface area contributed by atoms with Crippen molar-refractivity contribution in [3.05, 3.63) is 26.0 Å². The predicted molar refractivity (Wildman–Crippen MR) is 29.1 cm³/mol. The molecule has 0 aromatic heterocycles. The average molecular weight is 171 g/mol. The monoisotopic (exact) mass is 171 g/mol. The van der Waals surface area contributed by atoms with E-state index in [9.17, 15) is 0 Å². The minimum absolute atomic E-state index is 0. The van der Waals surface area contributed by atoms with E-state index in [-0.39, 0.29) is 32.7 Å². The van der Waals surface area contributed by atoms with Gasteiger partial charge in [0.2, 0.25) is 0 Å². The van der Waals surface area contributed by atoms with E-state index in [1.165, 1.54) is 0 Å². The Hall–Kier alpha value is 0.844. The Kier molecular flexibility index (Phi) is 10.5. The minimum Gasteiger partial charge on any atom is -0.339 e. The SMILES string of the molecule is C=C(C[CH2-])C[CH2-].[Y]. The molecule has 1 radical (unpaired) electrons. The molecule has 0 saturated carbocycles. The van der Waals surface area contributed by atoms with Crippen molar-refractivity contribution in [2.24, 2.45) is 0 Å². The first-order valence-corrected chi connectivity index (χ1v) is 2.06. The normalized spacial score (nSPS) is 7.14. The minimum atomic E-state index is 0. The predicted octanol–water partition coefficient (Wildman–Crippen LogP) is 1.99. The third-order valence-corrected chi connectivity index (χ3v) is 0.707. The van der Waals surface area contributed by atoms with Gasteiger partial charge in [0, 0.05) is 32.7 Å². The van der Waals surface area contributed by atoms with Crippen molar-refractivity contribution in [3.63, 3.8) is 0 Å². The largest absolute Gasteiger partial charge is 0.339 e. The van der Waals surface area contributed by atoms with Crippen molar-refractivity contribution in [1.82, 2.24) is 0 Å². The number of rotatable bonds is 2. The molecule has 0 nitrogen and oxygen atoms in total. The Morgan fingerprint density at radius 1 is 1.29 bits per heavy atom. The first-order valence-electron chi connectivity index (χ1n) is 2.06. The molecular weight excluding hydrogens is 161 g/mol. The van der Waals surface area contributed by atoms with Crippen molar-refractivity contribution >= 4 is 0 Å². The van der Waals surface area contributed by atoms with E-state index in [1.54, 1.807) is 0 Å². The van der Waals surface area contributed by atoms with Crippen LogP contribution >= 0.6 is 0 Å². The molecule has 0 aliphatic carbocycles. The Morgan fingerprint density at radius 2 is 1.57 bits per heavy atom. The second kappa shape index (κ2) is 6.84. The van der Waals surface area contributed by atoms with E-state index in [4.69, 9.17) is 0 Å². The van der Waals surface area contributed by atoms with Crippen LogP contribution in [0.1, 0.15) is 12.8 Å². The van der Waals surface area contributed by atoms with Crippen LogP contribution < -0.4 is 0 Å². The van der Waals surface area contributed by atoms with Crippen molar-refractivity contribution in [3.8, 4) is 0 Å². The molecule has 0 saturated heterocycles. The molecule has 0 rings (SSSR count). The molecule has 0 aliphatic heterocycles. The summed E-state index contributed by atoms with van der Waals surface area (Å²) in [5.74, 6) is 0. The summed E-state index contributed by atoms with van der Waals surface area (Å²) >= 11 is 0. The molecule has 0 fully saturated rings. The maximum Gasteiger partial charge on any atom is 0 e. The summed E-state index contributed by atoms with van der Waals surface area (Å²) in [6.45, 7) is 10.9. The van der Waals surface area contributed by atoms with Gasteiger partial charge in [0.1, 0.15) is 0 Å². The van der Waals surface area contributed by atoms with Crippen molar-refractivity contribution in [2.75, 3.05) is 0 Å². The second-order valence-corrected chi connectivity index (χ2v) is 1.25. The fourth-order valence-corrected chi connectivity index (χ4v) is 0.125. The van der Waals surface area contributed by atoms with Crippen LogP contribution in [0, 0.1) is 13.8 Å². The standard InChI is InChI=1S/C6H10.Y/c1-4-6(3)5-2;/h1-5H2;/q-2;. The van der Waals surface area contributed by atoms with Crippen LogP contribution in [-0.4, -0.2) is 0 Å². The van der Waals surface area contributed by atoms with E-state index in [1.807, 2.05) is 0 Å². The molecule has 0 heterocycles. The van der Waals surface area contributed by atoms with Crippen molar-refractivity contribution < 1.29 is 32.7 Å². The summed E-state index contributed by atoms with van der Waals surface area (Å²) in [5, 5.41) is 0. The fourth-order valence-electron chi connectivity index (χ4n) is 0.125. The van der Waals surface area contributed by atoms with Crippen LogP contribution in [-0.2, 0) is 32.7 Å². The van der Waals surface area contributed by atoms with Crippen LogP contribution in [0.3, 0.4) is 0 Å². The average Bonchev–Trinajstić information content (AvgIpc) is 1.65. The topological polar surface area (TPSA) is 0 Å². The molecule has 0 amide bonds. The van der Waals surface area contributed by atoms with Gasteiger partial charge in [-0.3, -0.25) is 0 Å². The molecule has 0 unspecified atom stereocenters. The summed E-state index contributed by atoms with van der Waals surface area (Å²) in [6.07, 6.45) is 1.65. The summed E-state index contributed by atoms with van der Waals surface area (Å²) in [6, 6.07) is 0. The maximum absolute atomic E-state index is 3.67. The van der Waals surface area contributed by atoms with Gasteiger partial charge < -0.3 is 13.8 Å². The molecule has 0 aromatic carbocycles. The summed E-state index contributed by atoms with van der Waals surface area (Å²) in [7, 11) is 0. The Bertz CT molecular complexity index is 42.1. The Labute approximate surface area is 71.3 Å². The van der Waals surface area contributed by atoms with Crippen LogP contribution in [0.2, 0.25) is 0 Å². The molecule has 0 spiro atoms. The van der Waals surface area contributed by atoms with Gasteiger partial charge in [0.25, 0.3) is 0 Å². The van der Waals surface area contributed by atoms with Gasteiger partial charge in [0.05, 0.1) is 0 Å². The molecule has 0 aliphatic rings. The summed E-state index contributed by atoms with van der Waals surface area (Å²) in [5.41, 5.74) is 1.12. The van der Waals surface area contributed by atoms with Gasteiger partial charge in [-0.15, -0.1) is 12.2 Å². The van der Waals surface area contributed by atoms with Crippen molar-refractivity contribution in [2.45, 2.75) is 12.8 Å². The van der Waals surface area contributed by atoms with E-state index < -0.39 is 0 Å². The Balaban J connectivity index is 0. The fraction of sp³-hybridized carbons (Fsp3) is 0.333. The molecular formula is C6H10Y-2. The summed E-state index contributed by atoms with van der Waals surface area (Å²) < 4.78 is 0. The van der Waals surface area contributed by atoms with E-state index in [2.05, 4.69) is 20.4 Å². The first kappa shape index (κ1) is 10.8. The molecule has 0 bridgehead atoms. The van der Waals surface area contributed by atoms with Crippen LogP contribution in [0.5, 0.6) is 0 Å². The third-order valence-electron chi connectivity index (χ3n) is 0.707.